The van der Waals surface area contributed by atoms with Crippen molar-refractivity contribution >= 4 is 39.1 Å². The summed E-state index contributed by atoms with van der Waals surface area (Å²) in [5.74, 6) is -1.06. The molecule has 14 heavy (non-hydrogen) atoms. The van der Waals surface area contributed by atoms with Crippen molar-refractivity contribution in [3.05, 3.63) is 33.6 Å². The van der Waals surface area contributed by atoms with E-state index in [-0.39, 0.29) is 10.6 Å². The molecule has 2 rings (SSSR count). The minimum atomic E-state index is -1.06. The number of hydrogen-bond acceptors (Lipinski definition) is 2. The summed E-state index contributed by atoms with van der Waals surface area (Å²) in [6, 6.07) is 0. The molecule has 0 amide bonds. The zero-order valence-corrected chi connectivity index (χ0v) is 9.08. The summed E-state index contributed by atoms with van der Waals surface area (Å²) in [7, 11) is 0. The Bertz CT molecular complexity index is 523. The zero-order chi connectivity index (χ0) is 10.3. The normalized spacial score (nSPS) is 10.7. The molecule has 1 N–H and O–H groups in total. The van der Waals surface area contributed by atoms with Crippen molar-refractivity contribution in [3.63, 3.8) is 0 Å². The third-order valence-electron chi connectivity index (χ3n) is 1.75. The van der Waals surface area contributed by atoms with Gasteiger partial charge >= 0.3 is 5.97 Å². The van der Waals surface area contributed by atoms with Crippen LogP contribution in [0.5, 0.6) is 0 Å². The summed E-state index contributed by atoms with van der Waals surface area (Å²) in [5, 5.41) is 8.96. The molecule has 2 heterocycles. The number of halogens is 2. The van der Waals surface area contributed by atoms with E-state index < -0.39 is 5.97 Å². The fourth-order valence-electron chi connectivity index (χ4n) is 1.15. The molecule has 0 aliphatic rings. The number of nitrogens with zero attached hydrogens (tertiary/aromatic N) is 2. The highest BCUT2D eigenvalue weighted by molar-refractivity contribution is 9.10. The van der Waals surface area contributed by atoms with Crippen LogP contribution in [0.1, 0.15) is 10.4 Å². The summed E-state index contributed by atoms with van der Waals surface area (Å²) < 4.78 is 2.32. The first kappa shape index (κ1) is 9.48. The van der Waals surface area contributed by atoms with Crippen LogP contribution in [0.25, 0.3) is 5.65 Å². The number of carboxylic acids is 1. The van der Waals surface area contributed by atoms with Crippen molar-refractivity contribution in [1.82, 2.24) is 9.38 Å². The van der Waals surface area contributed by atoms with Crippen LogP contribution < -0.4 is 0 Å². The van der Waals surface area contributed by atoms with E-state index >= 15 is 0 Å². The van der Waals surface area contributed by atoms with Crippen LogP contribution in [0.4, 0.5) is 0 Å². The molecule has 0 aliphatic carbocycles. The summed E-state index contributed by atoms with van der Waals surface area (Å²) in [6.07, 6.45) is 4.69. The molecule has 0 aromatic carbocycles. The van der Waals surface area contributed by atoms with E-state index in [0.717, 1.165) is 4.47 Å². The van der Waals surface area contributed by atoms with Crippen LogP contribution in [-0.2, 0) is 0 Å². The van der Waals surface area contributed by atoms with Crippen LogP contribution >= 0.6 is 27.5 Å². The maximum absolute atomic E-state index is 10.7. The van der Waals surface area contributed by atoms with Crippen molar-refractivity contribution < 1.29 is 9.90 Å². The summed E-state index contributed by atoms with van der Waals surface area (Å²) in [4.78, 5) is 14.7. The molecule has 2 aromatic heterocycles. The highest BCUT2D eigenvalue weighted by Crippen LogP contribution is 2.23. The average Bonchev–Trinajstić information content (AvgIpc) is 2.43. The second-order valence-corrected chi connectivity index (χ2v) is 3.96. The first-order valence-corrected chi connectivity index (χ1v) is 4.81. The minimum Gasteiger partial charge on any atom is -0.478 e. The summed E-state index contributed by atoms with van der Waals surface area (Å²) in [5.41, 5.74) is 0.490. The van der Waals surface area contributed by atoms with Gasteiger partial charge in [0.05, 0.1) is 15.1 Å². The molecule has 2 aromatic rings. The number of aromatic nitrogens is 2. The lowest BCUT2D eigenvalue weighted by Crippen LogP contribution is -1.93. The Morgan fingerprint density at radius 2 is 2.29 bits per heavy atom. The zero-order valence-electron chi connectivity index (χ0n) is 6.74. The van der Waals surface area contributed by atoms with Gasteiger partial charge in [0.2, 0.25) is 0 Å². The number of carboxylic acid groups (broad SMARTS) is 1. The lowest BCUT2D eigenvalue weighted by atomic mass is 10.3. The molecule has 0 atom stereocenters. The van der Waals surface area contributed by atoms with Crippen molar-refractivity contribution in [2.24, 2.45) is 0 Å². The average molecular weight is 275 g/mol. The van der Waals surface area contributed by atoms with Crippen LogP contribution in [0.15, 0.2) is 23.1 Å². The Labute approximate surface area is 92.3 Å². The molecule has 4 nitrogen and oxygen atoms in total. The number of aromatic carboxylic acids is 1. The monoisotopic (exact) mass is 274 g/mol. The van der Waals surface area contributed by atoms with Gasteiger partial charge < -0.3 is 9.51 Å². The van der Waals surface area contributed by atoms with E-state index in [0.29, 0.717) is 5.65 Å². The predicted molar refractivity (Wildman–Crippen MR) is 54.9 cm³/mol. The molecule has 0 aliphatic heterocycles. The van der Waals surface area contributed by atoms with Gasteiger partial charge in [-0.15, -0.1) is 0 Å². The number of carbonyl (C=O) groups is 1. The Kier molecular flexibility index (Phi) is 2.20. The topological polar surface area (TPSA) is 54.6 Å². The summed E-state index contributed by atoms with van der Waals surface area (Å²) in [6.45, 7) is 0. The number of fused-ring (bicyclic) bond motifs is 1. The van der Waals surface area contributed by atoms with Crippen LogP contribution in [0.3, 0.4) is 0 Å². The third kappa shape index (κ3) is 1.38. The van der Waals surface area contributed by atoms with E-state index in [9.17, 15) is 4.79 Å². The van der Waals surface area contributed by atoms with Gasteiger partial charge in [-0.2, -0.15) is 0 Å². The second-order valence-electron chi connectivity index (χ2n) is 2.66. The van der Waals surface area contributed by atoms with Gasteiger partial charge in [-0.3, -0.25) is 0 Å². The standard InChI is InChI=1S/C8H4BrClN2O2/c9-4-1-11-7-6(10)5(8(13)14)3-12(7)2-4/h1-3H,(H,13,14). The van der Waals surface area contributed by atoms with Gasteiger partial charge in [0.25, 0.3) is 0 Å². The van der Waals surface area contributed by atoms with Gasteiger partial charge in [-0.05, 0) is 15.9 Å². The smallest absolute Gasteiger partial charge is 0.338 e. The van der Waals surface area contributed by atoms with Gasteiger partial charge in [0.1, 0.15) is 0 Å². The Balaban J connectivity index is 2.79. The van der Waals surface area contributed by atoms with Gasteiger partial charge in [0, 0.05) is 18.6 Å². The number of hydrogen-bond donors (Lipinski definition) is 1. The fourth-order valence-corrected chi connectivity index (χ4v) is 1.75. The number of rotatable bonds is 1. The first-order valence-electron chi connectivity index (χ1n) is 3.64. The van der Waals surface area contributed by atoms with Gasteiger partial charge in [0.15, 0.2) is 5.65 Å². The minimum absolute atomic E-state index is 0.0530. The fraction of sp³-hybridized carbons (Fsp3) is 0. The van der Waals surface area contributed by atoms with Crippen LogP contribution in [-0.4, -0.2) is 20.5 Å². The summed E-state index contributed by atoms with van der Waals surface area (Å²) >= 11 is 9.05. The molecule has 0 radical (unpaired) electrons. The van der Waals surface area contributed by atoms with Crippen LogP contribution in [0, 0.1) is 0 Å². The molecular weight excluding hydrogens is 271 g/mol. The van der Waals surface area contributed by atoms with E-state index in [1.807, 2.05) is 0 Å². The third-order valence-corrected chi connectivity index (χ3v) is 2.53. The molecule has 72 valence electrons. The highest BCUT2D eigenvalue weighted by Gasteiger charge is 2.15. The maximum Gasteiger partial charge on any atom is 0.338 e. The Hall–Kier alpha value is -1.07. The maximum atomic E-state index is 10.7. The molecule has 0 fully saturated rings. The largest absolute Gasteiger partial charge is 0.478 e. The quantitative estimate of drug-likeness (QED) is 0.870. The molecular formula is C8H4BrClN2O2. The van der Waals surface area contributed by atoms with E-state index in [1.165, 1.54) is 6.20 Å². The highest BCUT2D eigenvalue weighted by atomic mass is 79.9. The predicted octanol–water partition coefficient (Wildman–Crippen LogP) is 2.45. The molecule has 0 saturated heterocycles. The molecule has 0 unspecified atom stereocenters. The Morgan fingerprint density at radius 1 is 1.57 bits per heavy atom. The van der Waals surface area contributed by atoms with Gasteiger partial charge in [-0.1, -0.05) is 11.6 Å². The van der Waals surface area contributed by atoms with Crippen molar-refractivity contribution in [2.45, 2.75) is 0 Å². The van der Waals surface area contributed by atoms with E-state index in [2.05, 4.69) is 20.9 Å². The van der Waals surface area contributed by atoms with Crippen molar-refractivity contribution in [1.29, 1.82) is 0 Å². The SMILES string of the molecule is O=C(O)c1cn2cc(Br)cnc2c1Cl. The lowest BCUT2D eigenvalue weighted by molar-refractivity contribution is 0.0697. The van der Waals surface area contributed by atoms with Crippen molar-refractivity contribution in [2.75, 3.05) is 0 Å². The van der Waals surface area contributed by atoms with E-state index in [1.54, 1.807) is 16.8 Å². The molecule has 0 spiro atoms. The molecule has 6 heteroatoms. The second kappa shape index (κ2) is 3.25. The van der Waals surface area contributed by atoms with Gasteiger partial charge in [-0.25, -0.2) is 9.78 Å². The first-order chi connectivity index (χ1) is 6.59. The molecule has 0 bridgehead atoms. The van der Waals surface area contributed by atoms with Crippen LogP contribution in [0.2, 0.25) is 5.02 Å². The Morgan fingerprint density at radius 3 is 2.93 bits per heavy atom. The lowest BCUT2D eigenvalue weighted by Gasteiger charge is -1.93. The van der Waals surface area contributed by atoms with Crippen molar-refractivity contribution in [3.8, 4) is 0 Å². The molecule has 0 saturated carbocycles. The van der Waals surface area contributed by atoms with E-state index in [4.69, 9.17) is 16.7 Å².